The van der Waals surface area contributed by atoms with Crippen LogP contribution in [0.15, 0.2) is 22.7 Å². The average Bonchev–Trinajstić information content (AvgIpc) is 2.20. The lowest BCUT2D eigenvalue weighted by molar-refractivity contribution is 0.154. The fourth-order valence-electron chi connectivity index (χ4n) is 1.68. The van der Waals surface area contributed by atoms with Gasteiger partial charge in [-0.3, -0.25) is 0 Å². The first-order valence-corrected chi connectivity index (χ1v) is 6.01. The Balaban J connectivity index is 2.39. The lowest BCUT2D eigenvalue weighted by Crippen LogP contribution is -2.30. The molecule has 1 aromatic rings. The maximum absolute atomic E-state index is 5.95. The van der Waals surface area contributed by atoms with E-state index in [-0.39, 0.29) is 5.60 Å². The van der Waals surface area contributed by atoms with Crippen LogP contribution >= 0.6 is 15.9 Å². The van der Waals surface area contributed by atoms with Gasteiger partial charge in [-0.1, -0.05) is 28.1 Å². The van der Waals surface area contributed by atoms with Crippen molar-refractivity contribution in [1.82, 2.24) is 0 Å². The maximum atomic E-state index is 5.95. The van der Waals surface area contributed by atoms with Crippen molar-refractivity contribution in [3.05, 3.63) is 33.8 Å². The molecule has 0 amide bonds. The highest BCUT2D eigenvalue weighted by Gasteiger charge is 2.28. The second kappa shape index (κ2) is 4.22. The molecule has 1 aromatic carbocycles. The second-order valence-electron chi connectivity index (χ2n) is 4.41. The van der Waals surface area contributed by atoms with Gasteiger partial charge in [-0.05, 0) is 31.6 Å². The van der Waals surface area contributed by atoms with Crippen LogP contribution in [0.5, 0.6) is 5.75 Å². The summed E-state index contributed by atoms with van der Waals surface area (Å²) >= 11 is 3.54. The molecule has 0 N–H and O–H groups in total. The largest absolute Gasteiger partial charge is 0.482 e. The van der Waals surface area contributed by atoms with Gasteiger partial charge in [0.15, 0.2) is 0 Å². The molecule has 0 atom stereocenters. The summed E-state index contributed by atoms with van der Waals surface area (Å²) in [5.41, 5.74) is 1.94. The third-order valence-corrected chi connectivity index (χ3v) is 3.80. The second-order valence-corrected chi connectivity index (χ2v) is 5.26. The zero-order valence-electron chi connectivity index (χ0n) is 9.71. The number of halogens is 1. The van der Waals surface area contributed by atoms with Crippen molar-refractivity contribution in [2.24, 2.45) is 0 Å². The first kappa shape index (κ1) is 11.7. The van der Waals surface area contributed by atoms with Crippen LogP contribution in [-0.2, 0) is 11.3 Å². The zero-order chi connectivity index (χ0) is 11.8. The fraction of sp³-hybridized carbons (Fsp3) is 0.385. The molecule has 0 saturated heterocycles. The molecular weight excluding hydrogens is 268 g/mol. The van der Waals surface area contributed by atoms with Crippen LogP contribution in [0.1, 0.15) is 25.0 Å². The van der Waals surface area contributed by atoms with Crippen molar-refractivity contribution in [2.45, 2.75) is 26.1 Å². The van der Waals surface area contributed by atoms with Crippen LogP contribution in [0.25, 0.3) is 6.08 Å². The van der Waals surface area contributed by atoms with Crippen LogP contribution < -0.4 is 4.74 Å². The molecule has 86 valence electrons. The molecule has 1 heterocycles. The molecule has 2 nitrogen and oxygen atoms in total. The van der Waals surface area contributed by atoms with Gasteiger partial charge in [-0.2, -0.15) is 0 Å². The van der Waals surface area contributed by atoms with Crippen molar-refractivity contribution < 1.29 is 9.47 Å². The van der Waals surface area contributed by atoms with Crippen LogP contribution in [0.3, 0.4) is 0 Å². The van der Waals surface area contributed by atoms with Gasteiger partial charge in [-0.15, -0.1) is 0 Å². The van der Waals surface area contributed by atoms with Crippen molar-refractivity contribution in [1.29, 1.82) is 0 Å². The lowest BCUT2D eigenvalue weighted by Gasteiger charge is -2.31. The molecule has 0 fully saturated rings. The molecule has 0 bridgehead atoms. The first-order chi connectivity index (χ1) is 7.53. The Hall–Kier alpha value is -0.800. The normalized spacial score (nSPS) is 17.4. The summed E-state index contributed by atoms with van der Waals surface area (Å²) in [6.45, 7) is 4.70. The van der Waals surface area contributed by atoms with E-state index in [1.54, 1.807) is 7.11 Å². The quantitative estimate of drug-likeness (QED) is 0.823. The number of methoxy groups -OCH3 is 1. The summed E-state index contributed by atoms with van der Waals surface area (Å²) in [5, 5.41) is 0. The number of hydrogen-bond acceptors (Lipinski definition) is 2. The van der Waals surface area contributed by atoms with Gasteiger partial charge in [0.1, 0.15) is 11.4 Å². The smallest absolute Gasteiger partial charge is 0.135 e. The fourth-order valence-corrected chi connectivity index (χ4v) is 2.00. The van der Waals surface area contributed by atoms with Crippen LogP contribution in [0.4, 0.5) is 0 Å². The highest BCUT2D eigenvalue weighted by atomic mass is 79.9. The number of fused-ring (bicyclic) bond motifs is 1. The van der Waals surface area contributed by atoms with Gasteiger partial charge in [0, 0.05) is 17.2 Å². The highest BCUT2D eigenvalue weighted by molar-refractivity contribution is 9.11. The maximum Gasteiger partial charge on any atom is 0.135 e. The summed E-state index contributed by atoms with van der Waals surface area (Å²) in [5.74, 6) is 0.919. The Bertz CT molecular complexity index is 436. The van der Waals surface area contributed by atoms with E-state index in [2.05, 4.69) is 34.1 Å². The average molecular weight is 283 g/mol. The monoisotopic (exact) mass is 282 g/mol. The molecule has 0 unspecified atom stereocenters. The van der Waals surface area contributed by atoms with Gasteiger partial charge in [0.2, 0.25) is 0 Å². The van der Waals surface area contributed by atoms with Crippen LogP contribution in [0, 0.1) is 0 Å². The Morgan fingerprint density at radius 2 is 2.12 bits per heavy atom. The number of rotatable bonds is 2. The summed E-state index contributed by atoms with van der Waals surface area (Å²) in [4.78, 5) is 0. The van der Waals surface area contributed by atoms with E-state index in [9.17, 15) is 0 Å². The Labute approximate surface area is 104 Å². The standard InChI is InChI=1S/C13H15BrO2/c1-13(2)12(14)7-10-5-4-9(8-15-3)6-11(10)16-13/h4-7H,8H2,1-3H3. The molecule has 0 spiro atoms. The molecule has 0 radical (unpaired) electrons. The van der Waals surface area contributed by atoms with Crippen molar-refractivity contribution in [3.8, 4) is 5.75 Å². The Morgan fingerprint density at radius 3 is 2.81 bits per heavy atom. The number of ether oxygens (including phenoxy) is 2. The minimum absolute atomic E-state index is 0.293. The van der Waals surface area contributed by atoms with E-state index in [4.69, 9.17) is 9.47 Å². The summed E-state index contributed by atoms with van der Waals surface area (Å²) in [7, 11) is 1.70. The lowest BCUT2D eigenvalue weighted by atomic mass is 10.0. The number of hydrogen-bond donors (Lipinski definition) is 0. The molecule has 0 saturated carbocycles. The Morgan fingerprint density at radius 1 is 1.38 bits per heavy atom. The predicted octanol–water partition coefficient (Wildman–Crippen LogP) is 3.74. The third kappa shape index (κ3) is 2.15. The van der Waals surface area contributed by atoms with E-state index >= 15 is 0 Å². The Kier molecular flexibility index (Phi) is 3.08. The minimum atomic E-state index is -0.293. The molecule has 1 aliphatic heterocycles. The van der Waals surface area contributed by atoms with Gasteiger partial charge < -0.3 is 9.47 Å². The molecule has 0 aromatic heterocycles. The van der Waals surface area contributed by atoms with Gasteiger partial charge >= 0.3 is 0 Å². The van der Waals surface area contributed by atoms with E-state index in [1.807, 2.05) is 19.9 Å². The number of benzene rings is 1. The highest BCUT2D eigenvalue weighted by Crippen LogP contribution is 2.38. The van der Waals surface area contributed by atoms with Crippen LogP contribution in [0.2, 0.25) is 0 Å². The van der Waals surface area contributed by atoms with Crippen molar-refractivity contribution >= 4 is 22.0 Å². The third-order valence-electron chi connectivity index (χ3n) is 2.61. The SMILES string of the molecule is COCc1ccc2c(c1)OC(C)(C)C(Br)=C2. The summed E-state index contributed by atoms with van der Waals surface area (Å²) < 4.78 is 12.1. The van der Waals surface area contributed by atoms with E-state index in [0.29, 0.717) is 6.61 Å². The van der Waals surface area contributed by atoms with Gasteiger partial charge in [0.25, 0.3) is 0 Å². The van der Waals surface area contributed by atoms with Gasteiger partial charge in [-0.25, -0.2) is 0 Å². The summed E-state index contributed by atoms with van der Waals surface area (Å²) in [6.07, 6.45) is 2.11. The zero-order valence-corrected chi connectivity index (χ0v) is 11.3. The molecule has 2 rings (SSSR count). The molecular formula is C13H15BrO2. The van der Waals surface area contributed by atoms with Gasteiger partial charge in [0.05, 0.1) is 6.61 Å². The van der Waals surface area contributed by atoms with E-state index in [1.165, 1.54) is 0 Å². The molecule has 3 heteroatoms. The van der Waals surface area contributed by atoms with Crippen molar-refractivity contribution in [3.63, 3.8) is 0 Å². The van der Waals surface area contributed by atoms with Crippen molar-refractivity contribution in [2.75, 3.05) is 7.11 Å². The van der Waals surface area contributed by atoms with E-state index in [0.717, 1.165) is 21.4 Å². The van der Waals surface area contributed by atoms with Crippen LogP contribution in [-0.4, -0.2) is 12.7 Å². The summed E-state index contributed by atoms with van der Waals surface area (Å²) in [6, 6.07) is 6.15. The van der Waals surface area contributed by atoms with E-state index < -0.39 is 0 Å². The molecule has 16 heavy (non-hydrogen) atoms. The molecule has 0 aliphatic carbocycles. The molecule has 1 aliphatic rings. The predicted molar refractivity (Wildman–Crippen MR) is 68.8 cm³/mol. The topological polar surface area (TPSA) is 18.5 Å². The first-order valence-electron chi connectivity index (χ1n) is 5.21. The minimum Gasteiger partial charge on any atom is -0.482 e.